The van der Waals surface area contributed by atoms with Crippen molar-refractivity contribution in [2.75, 3.05) is 26.2 Å². The first kappa shape index (κ1) is 13.2. The second-order valence-electron chi connectivity index (χ2n) is 4.04. The van der Waals surface area contributed by atoms with E-state index in [1.807, 2.05) is 11.8 Å². The van der Waals surface area contributed by atoms with Crippen LogP contribution in [0.3, 0.4) is 0 Å². The van der Waals surface area contributed by atoms with Crippen molar-refractivity contribution in [1.29, 1.82) is 0 Å². The van der Waals surface area contributed by atoms with Crippen LogP contribution in [0, 0.1) is 0 Å². The molecule has 0 aromatic heterocycles. The molecule has 0 unspecified atom stereocenters. The number of allylic oxidation sites excluding steroid dienone is 1. The third-order valence-electron chi connectivity index (χ3n) is 2.76. The minimum atomic E-state index is 0.114. The second-order valence-corrected chi connectivity index (χ2v) is 4.04. The third kappa shape index (κ3) is 4.33. The molecule has 0 aromatic carbocycles. The second kappa shape index (κ2) is 7.41. The number of nitrogens with zero attached hydrogens (tertiary/aromatic N) is 1. The fourth-order valence-corrected chi connectivity index (χ4v) is 1.82. The number of likely N-dealkylation sites (tertiary alicyclic amines) is 1. The van der Waals surface area contributed by atoms with E-state index in [-0.39, 0.29) is 5.91 Å². The largest absolute Gasteiger partial charge is 0.378 e. The summed E-state index contributed by atoms with van der Waals surface area (Å²) in [5.41, 5.74) is 5.40. The molecular weight excluding hydrogens is 204 g/mol. The smallest absolute Gasteiger partial charge is 0.246 e. The molecule has 0 spiro atoms. The molecule has 0 aliphatic carbocycles. The number of rotatable bonds is 5. The monoisotopic (exact) mass is 226 g/mol. The standard InChI is InChI=1S/C12H22N2O2/c1-2-4-12(15)14-8-5-11(6-9-14)16-10-3-7-13/h2,4,11H,3,5-10,13H2,1H3. The topological polar surface area (TPSA) is 55.6 Å². The highest BCUT2D eigenvalue weighted by atomic mass is 16.5. The summed E-state index contributed by atoms with van der Waals surface area (Å²) in [5.74, 6) is 0.114. The summed E-state index contributed by atoms with van der Waals surface area (Å²) in [7, 11) is 0. The van der Waals surface area contributed by atoms with E-state index in [4.69, 9.17) is 10.5 Å². The van der Waals surface area contributed by atoms with Crippen molar-refractivity contribution in [3.05, 3.63) is 12.2 Å². The number of nitrogens with two attached hydrogens (primary N) is 1. The van der Waals surface area contributed by atoms with Gasteiger partial charge in [0.2, 0.25) is 5.91 Å². The molecule has 4 nitrogen and oxygen atoms in total. The molecule has 0 aromatic rings. The van der Waals surface area contributed by atoms with E-state index in [0.717, 1.165) is 39.0 Å². The van der Waals surface area contributed by atoms with Crippen LogP contribution in [0.4, 0.5) is 0 Å². The van der Waals surface area contributed by atoms with Crippen molar-refractivity contribution in [3.63, 3.8) is 0 Å². The first-order valence-corrected chi connectivity index (χ1v) is 6.01. The van der Waals surface area contributed by atoms with E-state index < -0.39 is 0 Å². The van der Waals surface area contributed by atoms with Crippen LogP contribution in [0.15, 0.2) is 12.2 Å². The first-order chi connectivity index (χ1) is 7.77. The molecule has 16 heavy (non-hydrogen) atoms. The van der Waals surface area contributed by atoms with Crippen molar-refractivity contribution < 1.29 is 9.53 Å². The zero-order chi connectivity index (χ0) is 11.8. The van der Waals surface area contributed by atoms with Crippen LogP contribution < -0.4 is 5.73 Å². The van der Waals surface area contributed by atoms with Crippen LogP contribution in [-0.2, 0) is 9.53 Å². The maximum Gasteiger partial charge on any atom is 0.246 e. The van der Waals surface area contributed by atoms with Crippen molar-refractivity contribution in [1.82, 2.24) is 4.90 Å². The number of piperidine rings is 1. The fourth-order valence-electron chi connectivity index (χ4n) is 1.82. The van der Waals surface area contributed by atoms with Gasteiger partial charge in [-0.25, -0.2) is 0 Å². The summed E-state index contributed by atoms with van der Waals surface area (Å²) >= 11 is 0. The van der Waals surface area contributed by atoms with Gasteiger partial charge < -0.3 is 15.4 Å². The van der Waals surface area contributed by atoms with Crippen LogP contribution in [0.2, 0.25) is 0 Å². The van der Waals surface area contributed by atoms with Crippen LogP contribution in [0.1, 0.15) is 26.2 Å². The van der Waals surface area contributed by atoms with E-state index >= 15 is 0 Å². The van der Waals surface area contributed by atoms with Gasteiger partial charge in [-0.1, -0.05) is 6.08 Å². The van der Waals surface area contributed by atoms with Gasteiger partial charge in [0.1, 0.15) is 0 Å². The molecule has 2 N–H and O–H groups in total. The number of carbonyl (C=O) groups excluding carboxylic acids is 1. The van der Waals surface area contributed by atoms with Crippen LogP contribution in [0.25, 0.3) is 0 Å². The number of ether oxygens (including phenoxy) is 1. The minimum absolute atomic E-state index is 0.114. The average molecular weight is 226 g/mol. The lowest BCUT2D eigenvalue weighted by molar-refractivity contribution is -0.128. The van der Waals surface area contributed by atoms with Gasteiger partial charge in [0.05, 0.1) is 6.10 Å². The zero-order valence-electron chi connectivity index (χ0n) is 10.0. The first-order valence-electron chi connectivity index (χ1n) is 6.01. The molecule has 92 valence electrons. The highest BCUT2D eigenvalue weighted by molar-refractivity contribution is 5.87. The molecule has 1 amide bonds. The van der Waals surface area contributed by atoms with Crippen LogP contribution in [-0.4, -0.2) is 43.2 Å². The van der Waals surface area contributed by atoms with Gasteiger partial charge in [-0.15, -0.1) is 0 Å². The normalized spacial score (nSPS) is 18.2. The summed E-state index contributed by atoms with van der Waals surface area (Å²) in [6, 6.07) is 0. The van der Waals surface area contributed by atoms with Gasteiger partial charge >= 0.3 is 0 Å². The van der Waals surface area contributed by atoms with Gasteiger partial charge in [-0.05, 0) is 38.8 Å². The van der Waals surface area contributed by atoms with E-state index in [2.05, 4.69) is 0 Å². The molecule has 1 fully saturated rings. The molecule has 4 heteroatoms. The summed E-state index contributed by atoms with van der Waals surface area (Å²) in [5, 5.41) is 0. The number of amides is 1. The van der Waals surface area contributed by atoms with E-state index in [0.29, 0.717) is 12.6 Å². The molecule has 1 heterocycles. The van der Waals surface area contributed by atoms with Crippen LogP contribution >= 0.6 is 0 Å². The Labute approximate surface area is 97.4 Å². The maximum absolute atomic E-state index is 11.5. The highest BCUT2D eigenvalue weighted by Crippen LogP contribution is 2.14. The molecular formula is C12H22N2O2. The van der Waals surface area contributed by atoms with Crippen molar-refractivity contribution in [2.24, 2.45) is 5.73 Å². The molecule has 0 bridgehead atoms. The van der Waals surface area contributed by atoms with Gasteiger partial charge in [0, 0.05) is 19.7 Å². The Morgan fingerprint density at radius 3 is 2.75 bits per heavy atom. The quantitative estimate of drug-likeness (QED) is 0.560. The Morgan fingerprint density at radius 1 is 1.50 bits per heavy atom. The lowest BCUT2D eigenvalue weighted by Crippen LogP contribution is -2.40. The third-order valence-corrected chi connectivity index (χ3v) is 2.76. The molecule has 0 saturated carbocycles. The Bertz CT molecular complexity index is 233. The summed E-state index contributed by atoms with van der Waals surface area (Å²) in [6.07, 6.45) is 6.50. The molecule has 0 radical (unpaired) electrons. The minimum Gasteiger partial charge on any atom is -0.378 e. The number of hydrogen-bond donors (Lipinski definition) is 1. The van der Waals surface area contributed by atoms with Gasteiger partial charge in [-0.3, -0.25) is 4.79 Å². The van der Waals surface area contributed by atoms with E-state index in [1.54, 1.807) is 12.2 Å². The number of carbonyl (C=O) groups is 1. The molecule has 1 aliphatic rings. The van der Waals surface area contributed by atoms with Crippen LogP contribution in [0.5, 0.6) is 0 Å². The maximum atomic E-state index is 11.5. The SMILES string of the molecule is CC=CC(=O)N1CCC(OCCCN)CC1. The molecule has 1 rings (SSSR count). The van der Waals surface area contributed by atoms with Crippen molar-refractivity contribution >= 4 is 5.91 Å². The van der Waals surface area contributed by atoms with E-state index in [1.165, 1.54) is 0 Å². The van der Waals surface area contributed by atoms with Gasteiger partial charge in [0.25, 0.3) is 0 Å². The summed E-state index contributed by atoms with van der Waals surface area (Å²) < 4.78 is 5.68. The molecule has 1 aliphatic heterocycles. The highest BCUT2D eigenvalue weighted by Gasteiger charge is 2.21. The molecule has 0 atom stereocenters. The Hall–Kier alpha value is -0.870. The summed E-state index contributed by atoms with van der Waals surface area (Å²) in [6.45, 7) is 4.89. The van der Waals surface area contributed by atoms with E-state index in [9.17, 15) is 4.79 Å². The van der Waals surface area contributed by atoms with Gasteiger partial charge in [-0.2, -0.15) is 0 Å². The summed E-state index contributed by atoms with van der Waals surface area (Å²) in [4.78, 5) is 13.4. The van der Waals surface area contributed by atoms with Crippen molar-refractivity contribution in [2.45, 2.75) is 32.3 Å². The predicted molar refractivity (Wildman–Crippen MR) is 64.0 cm³/mol. The van der Waals surface area contributed by atoms with Crippen molar-refractivity contribution in [3.8, 4) is 0 Å². The lowest BCUT2D eigenvalue weighted by Gasteiger charge is -2.31. The Balaban J connectivity index is 2.20. The predicted octanol–water partition coefficient (Wildman–Crippen LogP) is 0.919. The Kier molecular flexibility index (Phi) is 6.11. The molecule has 1 saturated heterocycles. The lowest BCUT2D eigenvalue weighted by atomic mass is 10.1. The average Bonchev–Trinajstić information content (AvgIpc) is 2.30. The zero-order valence-corrected chi connectivity index (χ0v) is 10.0. The number of hydrogen-bond acceptors (Lipinski definition) is 3. The fraction of sp³-hybridized carbons (Fsp3) is 0.750. The van der Waals surface area contributed by atoms with Gasteiger partial charge in [0.15, 0.2) is 0 Å². The Morgan fingerprint density at radius 2 is 2.19 bits per heavy atom.